The van der Waals surface area contributed by atoms with Gasteiger partial charge in [0.15, 0.2) is 0 Å². The van der Waals surface area contributed by atoms with Crippen LogP contribution < -0.4 is 4.90 Å². The van der Waals surface area contributed by atoms with Crippen molar-refractivity contribution in [1.82, 2.24) is 0 Å². The Morgan fingerprint density at radius 2 is 2.12 bits per heavy atom. The molecular formula is C11H12N2O4. The van der Waals surface area contributed by atoms with E-state index in [1.807, 2.05) is 11.0 Å². The van der Waals surface area contributed by atoms with Gasteiger partial charge in [0.25, 0.3) is 5.69 Å². The number of anilines is 1. The van der Waals surface area contributed by atoms with Crippen molar-refractivity contribution in [2.75, 3.05) is 18.0 Å². The maximum atomic E-state index is 10.7. The summed E-state index contributed by atoms with van der Waals surface area (Å²) in [6.45, 7) is 2.61. The van der Waals surface area contributed by atoms with E-state index in [0.717, 1.165) is 5.56 Å². The van der Waals surface area contributed by atoms with Crippen molar-refractivity contribution in [1.29, 1.82) is 0 Å². The molecule has 1 aliphatic rings. The molecule has 2 rings (SSSR count). The minimum atomic E-state index is -0.816. The lowest BCUT2D eigenvalue weighted by Gasteiger charge is -2.38. The molecule has 1 saturated heterocycles. The first-order valence-corrected chi connectivity index (χ1v) is 5.21. The number of aliphatic carboxylic acids is 1. The Kier molecular flexibility index (Phi) is 2.71. The third kappa shape index (κ3) is 2.20. The van der Waals surface area contributed by atoms with Gasteiger partial charge in [-0.1, -0.05) is 0 Å². The number of hydrogen-bond acceptors (Lipinski definition) is 4. The minimum absolute atomic E-state index is 0.0405. The molecule has 0 amide bonds. The Morgan fingerprint density at radius 1 is 1.47 bits per heavy atom. The first-order valence-electron chi connectivity index (χ1n) is 5.21. The fraction of sp³-hybridized carbons (Fsp3) is 0.364. The van der Waals surface area contributed by atoms with E-state index in [0.29, 0.717) is 18.8 Å². The van der Waals surface area contributed by atoms with Crippen LogP contribution in [0.25, 0.3) is 0 Å². The lowest BCUT2D eigenvalue weighted by molar-refractivity contribution is -0.384. The van der Waals surface area contributed by atoms with Gasteiger partial charge in [-0.25, -0.2) is 0 Å². The second kappa shape index (κ2) is 4.04. The first kappa shape index (κ1) is 11.4. The van der Waals surface area contributed by atoms with Crippen molar-refractivity contribution >= 4 is 17.3 Å². The van der Waals surface area contributed by atoms with Gasteiger partial charge in [-0.05, 0) is 18.6 Å². The number of carboxylic acid groups (broad SMARTS) is 1. The molecule has 0 spiro atoms. The van der Waals surface area contributed by atoms with E-state index in [1.54, 1.807) is 6.92 Å². The molecule has 1 fully saturated rings. The van der Waals surface area contributed by atoms with Crippen molar-refractivity contribution in [3.05, 3.63) is 33.9 Å². The van der Waals surface area contributed by atoms with Crippen molar-refractivity contribution in [3.8, 4) is 0 Å². The van der Waals surface area contributed by atoms with E-state index >= 15 is 0 Å². The third-order valence-corrected chi connectivity index (χ3v) is 2.85. The average Bonchev–Trinajstić information content (AvgIpc) is 2.13. The maximum absolute atomic E-state index is 10.7. The lowest BCUT2D eigenvalue weighted by Crippen LogP contribution is -2.50. The molecule has 0 atom stereocenters. The molecule has 0 aromatic heterocycles. The summed E-state index contributed by atoms with van der Waals surface area (Å²) >= 11 is 0. The zero-order valence-electron chi connectivity index (χ0n) is 9.29. The van der Waals surface area contributed by atoms with Gasteiger partial charge in [-0.15, -0.1) is 0 Å². The molecule has 1 heterocycles. The lowest BCUT2D eigenvalue weighted by atomic mass is 9.99. The summed E-state index contributed by atoms with van der Waals surface area (Å²) in [5, 5.41) is 19.5. The van der Waals surface area contributed by atoms with Crippen LogP contribution in [-0.2, 0) is 4.79 Å². The largest absolute Gasteiger partial charge is 0.481 e. The van der Waals surface area contributed by atoms with E-state index in [4.69, 9.17) is 5.11 Å². The second-order valence-corrected chi connectivity index (χ2v) is 4.22. The van der Waals surface area contributed by atoms with Crippen LogP contribution in [0.4, 0.5) is 11.4 Å². The molecule has 1 aromatic carbocycles. The average molecular weight is 236 g/mol. The van der Waals surface area contributed by atoms with Crippen molar-refractivity contribution in [2.45, 2.75) is 6.92 Å². The van der Waals surface area contributed by atoms with Crippen molar-refractivity contribution in [2.24, 2.45) is 5.92 Å². The van der Waals surface area contributed by atoms with Gasteiger partial charge >= 0.3 is 5.97 Å². The maximum Gasteiger partial charge on any atom is 0.310 e. The summed E-state index contributed by atoms with van der Waals surface area (Å²) in [6, 6.07) is 4.80. The summed E-state index contributed by atoms with van der Waals surface area (Å²) in [7, 11) is 0. The van der Waals surface area contributed by atoms with Crippen LogP contribution in [0.5, 0.6) is 0 Å². The summed E-state index contributed by atoms with van der Waals surface area (Å²) < 4.78 is 0. The topological polar surface area (TPSA) is 83.7 Å². The summed E-state index contributed by atoms with van der Waals surface area (Å²) in [5.74, 6) is -1.18. The Hall–Kier alpha value is -2.11. The van der Waals surface area contributed by atoms with Gasteiger partial charge in [-0.2, -0.15) is 0 Å². The Labute approximate surface area is 97.6 Å². The highest BCUT2D eigenvalue weighted by molar-refractivity contribution is 5.75. The number of benzene rings is 1. The molecule has 0 bridgehead atoms. The third-order valence-electron chi connectivity index (χ3n) is 2.85. The van der Waals surface area contributed by atoms with Crippen molar-refractivity contribution < 1.29 is 14.8 Å². The number of non-ortho nitro benzene ring substituents is 1. The van der Waals surface area contributed by atoms with Crippen LogP contribution in [0.15, 0.2) is 18.2 Å². The fourth-order valence-electron chi connectivity index (χ4n) is 1.88. The molecule has 1 aliphatic heterocycles. The Bertz CT molecular complexity index is 480. The van der Waals surface area contributed by atoms with E-state index in [9.17, 15) is 14.9 Å². The summed E-state index contributed by atoms with van der Waals surface area (Å²) in [6.07, 6.45) is 0. The van der Waals surface area contributed by atoms with Gasteiger partial charge < -0.3 is 10.0 Å². The van der Waals surface area contributed by atoms with Gasteiger partial charge in [0, 0.05) is 30.9 Å². The molecule has 17 heavy (non-hydrogen) atoms. The quantitative estimate of drug-likeness (QED) is 0.633. The number of nitro benzene ring substituents is 1. The van der Waals surface area contributed by atoms with Crippen LogP contribution in [0.1, 0.15) is 5.56 Å². The van der Waals surface area contributed by atoms with E-state index < -0.39 is 10.9 Å². The molecule has 1 N–H and O–H groups in total. The van der Waals surface area contributed by atoms with Crippen LogP contribution in [0, 0.1) is 23.0 Å². The highest BCUT2D eigenvalue weighted by atomic mass is 16.6. The minimum Gasteiger partial charge on any atom is -0.481 e. The standard InChI is InChI=1S/C11H12N2O4/c1-7-2-9(4-10(3-7)13(16)17)12-5-8(6-12)11(14)15/h2-4,8H,5-6H2,1H3,(H,14,15). The Balaban J connectivity index is 2.18. The Morgan fingerprint density at radius 3 is 2.65 bits per heavy atom. The van der Waals surface area contributed by atoms with Crippen LogP contribution >= 0.6 is 0 Å². The van der Waals surface area contributed by atoms with E-state index in [2.05, 4.69) is 0 Å². The van der Waals surface area contributed by atoms with E-state index in [1.165, 1.54) is 12.1 Å². The first-order chi connectivity index (χ1) is 7.97. The predicted molar refractivity (Wildman–Crippen MR) is 61.2 cm³/mol. The smallest absolute Gasteiger partial charge is 0.310 e. The normalized spacial score (nSPS) is 15.5. The van der Waals surface area contributed by atoms with Gasteiger partial charge in [0.1, 0.15) is 0 Å². The second-order valence-electron chi connectivity index (χ2n) is 4.22. The number of aryl methyl sites for hydroxylation is 1. The molecule has 1 aromatic rings. The SMILES string of the molecule is Cc1cc(N2CC(C(=O)O)C2)cc([N+](=O)[O-])c1. The van der Waals surface area contributed by atoms with Gasteiger partial charge in [0.05, 0.1) is 10.8 Å². The molecular weight excluding hydrogens is 224 g/mol. The highest BCUT2D eigenvalue weighted by Crippen LogP contribution is 2.29. The predicted octanol–water partition coefficient (Wildman–Crippen LogP) is 1.42. The molecule has 0 saturated carbocycles. The van der Waals surface area contributed by atoms with Crippen LogP contribution in [-0.4, -0.2) is 29.1 Å². The van der Waals surface area contributed by atoms with Gasteiger partial charge in [0.2, 0.25) is 0 Å². The zero-order valence-corrected chi connectivity index (χ0v) is 9.29. The molecule has 6 nitrogen and oxygen atoms in total. The summed E-state index contributed by atoms with van der Waals surface area (Å²) in [5.41, 5.74) is 1.56. The van der Waals surface area contributed by atoms with Crippen LogP contribution in [0.3, 0.4) is 0 Å². The number of nitro groups is 1. The highest BCUT2D eigenvalue weighted by Gasteiger charge is 2.33. The number of nitrogens with zero attached hydrogens (tertiary/aromatic N) is 2. The molecule has 90 valence electrons. The van der Waals surface area contributed by atoms with E-state index in [-0.39, 0.29) is 11.6 Å². The van der Waals surface area contributed by atoms with Crippen molar-refractivity contribution in [3.63, 3.8) is 0 Å². The number of rotatable bonds is 3. The van der Waals surface area contributed by atoms with Crippen LogP contribution in [0.2, 0.25) is 0 Å². The molecule has 6 heteroatoms. The fourth-order valence-corrected chi connectivity index (χ4v) is 1.88. The molecule has 0 aliphatic carbocycles. The van der Waals surface area contributed by atoms with Gasteiger partial charge in [-0.3, -0.25) is 14.9 Å². The number of carbonyl (C=O) groups is 1. The monoisotopic (exact) mass is 236 g/mol. The molecule has 0 radical (unpaired) electrons. The number of hydrogen-bond donors (Lipinski definition) is 1. The zero-order chi connectivity index (χ0) is 12.6. The molecule has 0 unspecified atom stereocenters. The summed E-state index contributed by atoms with van der Waals surface area (Å²) in [4.78, 5) is 22.8. The number of carboxylic acids is 1.